The van der Waals surface area contributed by atoms with Crippen LogP contribution < -0.4 is 4.74 Å². The Bertz CT molecular complexity index is 360. The summed E-state index contributed by atoms with van der Waals surface area (Å²) in [5.74, 6) is 1.13. The first-order valence-electron chi connectivity index (χ1n) is 6.38. The molecule has 0 fully saturated rings. The van der Waals surface area contributed by atoms with Crippen molar-refractivity contribution in [1.82, 2.24) is 0 Å². The summed E-state index contributed by atoms with van der Waals surface area (Å²) in [5, 5.41) is 10.1. The zero-order valence-electron chi connectivity index (χ0n) is 11.5. The molecule has 2 nitrogen and oxygen atoms in total. The van der Waals surface area contributed by atoms with Gasteiger partial charge in [-0.25, -0.2) is 0 Å². The Morgan fingerprint density at radius 1 is 1.24 bits per heavy atom. The number of hydrogen-bond acceptors (Lipinski definition) is 2. The third-order valence-corrected chi connectivity index (χ3v) is 3.58. The lowest BCUT2D eigenvalue weighted by Crippen LogP contribution is -2.34. The van der Waals surface area contributed by atoms with E-state index in [1.165, 1.54) is 5.56 Å². The normalized spacial score (nSPS) is 16.4. The molecule has 0 radical (unpaired) electrons. The predicted molar refractivity (Wildman–Crippen MR) is 71.5 cm³/mol. The van der Waals surface area contributed by atoms with Crippen molar-refractivity contribution < 1.29 is 9.84 Å². The largest absolute Gasteiger partial charge is 0.488 e. The smallest absolute Gasteiger partial charge is 0.123 e. The molecule has 17 heavy (non-hydrogen) atoms. The summed E-state index contributed by atoms with van der Waals surface area (Å²) in [7, 11) is 0. The van der Waals surface area contributed by atoms with Gasteiger partial charge in [0.15, 0.2) is 0 Å². The van der Waals surface area contributed by atoms with E-state index in [0.717, 1.165) is 17.7 Å². The molecule has 0 saturated heterocycles. The van der Waals surface area contributed by atoms with Gasteiger partial charge in [-0.3, -0.25) is 0 Å². The second-order valence-electron chi connectivity index (χ2n) is 4.90. The number of ether oxygens (including phenoxy) is 1. The Labute approximate surface area is 105 Å². The van der Waals surface area contributed by atoms with Crippen LogP contribution in [-0.4, -0.2) is 17.3 Å². The van der Waals surface area contributed by atoms with Crippen molar-refractivity contribution in [2.75, 3.05) is 0 Å². The van der Waals surface area contributed by atoms with E-state index in [4.69, 9.17) is 4.74 Å². The van der Waals surface area contributed by atoms with E-state index in [0.29, 0.717) is 0 Å². The summed E-state index contributed by atoms with van der Waals surface area (Å²) in [4.78, 5) is 0. The maximum Gasteiger partial charge on any atom is 0.123 e. The van der Waals surface area contributed by atoms with E-state index in [2.05, 4.69) is 19.9 Å². The molecule has 1 N–H and O–H groups in total. The first kappa shape index (κ1) is 14.0. The molecule has 1 aromatic carbocycles. The summed E-state index contributed by atoms with van der Waals surface area (Å²) in [6, 6.07) is 6.01. The minimum atomic E-state index is -0.417. The summed E-state index contributed by atoms with van der Waals surface area (Å²) >= 11 is 0. The van der Waals surface area contributed by atoms with E-state index in [-0.39, 0.29) is 12.0 Å². The van der Waals surface area contributed by atoms with Gasteiger partial charge >= 0.3 is 0 Å². The summed E-state index contributed by atoms with van der Waals surface area (Å²) in [5.41, 5.74) is 2.36. The van der Waals surface area contributed by atoms with Crippen molar-refractivity contribution in [3.05, 3.63) is 29.3 Å². The minimum Gasteiger partial charge on any atom is -0.488 e. The highest BCUT2D eigenvalue weighted by Crippen LogP contribution is 2.23. The van der Waals surface area contributed by atoms with Crippen LogP contribution in [0.3, 0.4) is 0 Å². The lowest BCUT2D eigenvalue weighted by atomic mass is 9.98. The molecule has 0 heterocycles. The van der Waals surface area contributed by atoms with Crippen molar-refractivity contribution in [1.29, 1.82) is 0 Å². The van der Waals surface area contributed by atoms with Crippen LogP contribution in [0.2, 0.25) is 0 Å². The number of hydrogen-bond donors (Lipinski definition) is 1. The Balaban J connectivity index is 2.74. The minimum absolute atomic E-state index is 0.176. The first-order valence-corrected chi connectivity index (χ1v) is 6.38. The monoisotopic (exact) mass is 236 g/mol. The van der Waals surface area contributed by atoms with Crippen LogP contribution in [0.4, 0.5) is 0 Å². The van der Waals surface area contributed by atoms with Crippen molar-refractivity contribution in [3.8, 4) is 5.75 Å². The molecular formula is C15H24O2. The fraction of sp³-hybridized carbons (Fsp3) is 0.600. The van der Waals surface area contributed by atoms with Gasteiger partial charge in [-0.2, -0.15) is 0 Å². The van der Waals surface area contributed by atoms with Crippen LogP contribution in [0.1, 0.15) is 38.3 Å². The molecule has 0 amide bonds. The fourth-order valence-electron chi connectivity index (χ4n) is 1.83. The molecule has 0 aromatic heterocycles. The molecule has 0 aliphatic carbocycles. The van der Waals surface area contributed by atoms with Gasteiger partial charge in [-0.1, -0.05) is 32.4 Å². The summed E-state index contributed by atoms with van der Waals surface area (Å²) in [6.45, 7) is 10.2. The zero-order valence-corrected chi connectivity index (χ0v) is 11.5. The molecule has 2 heteroatoms. The Morgan fingerprint density at radius 2 is 1.88 bits per heavy atom. The fourth-order valence-corrected chi connectivity index (χ4v) is 1.83. The number of rotatable bonds is 5. The third kappa shape index (κ3) is 3.47. The Morgan fingerprint density at radius 3 is 2.47 bits per heavy atom. The highest BCUT2D eigenvalue weighted by Gasteiger charge is 2.21. The van der Waals surface area contributed by atoms with Crippen molar-refractivity contribution in [2.45, 2.75) is 53.2 Å². The average Bonchev–Trinajstić information content (AvgIpc) is 2.32. The van der Waals surface area contributed by atoms with Crippen LogP contribution in [0.25, 0.3) is 0 Å². The van der Waals surface area contributed by atoms with Crippen LogP contribution in [0, 0.1) is 19.8 Å². The van der Waals surface area contributed by atoms with Gasteiger partial charge in [-0.05, 0) is 43.9 Å². The molecule has 1 aromatic rings. The lowest BCUT2D eigenvalue weighted by Gasteiger charge is -2.25. The molecule has 0 aliphatic rings. The van der Waals surface area contributed by atoms with Crippen LogP contribution >= 0.6 is 0 Å². The second kappa shape index (κ2) is 6.06. The van der Waals surface area contributed by atoms with Crippen molar-refractivity contribution >= 4 is 0 Å². The van der Waals surface area contributed by atoms with Crippen LogP contribution in [0.5, 0.6) is 5.75 Å². The Kier molecular flexibility index (Phi) is 5.01. The second-order valence-corrected chi connectivity index (χ2v) is 4.90. The van der Waals surface area contributed by atoms with E-state index < -0.39 is 6.10 Å². The van der Waals surface area contributed by atoms with E-state index in [9.17, 15) is 5.11 Å². The molecule has 0 aliphatic heterocycles. The quantitative estimate of drug-likeness (QED) is 0.848. The maximum atomic E-state index is 10.1. The SMILES string of the molecule is CCC(C)C(O)C(C)Oc1cccc(C)c1C. The van der Waals surface area contributed by atoms with Gasteiger partial charge < -0.3 is 9.84 Å². The van der Waals surface area contributed by atoms with E-state index in [1.807, 2.05) is 32.9 Å². The molecule has 3 unspecified atom stereocenters. The van der Waals surface area contributed by atoms with Gasteiger partial charge in [0, 0.05) is 0 Å². The zero-order chi connectivity index (χ0) is 13.0. The topological polar surface area (TPSA) is 29.5 Å². The molecule has 0 saturated carbocycles. The van der Waals surface area contributed by atoms with Crippen molar-refractivity contribution in [2.24, 2.45) is 5.92 Å². The van der Waals surface area contributed by atoms with Crippen molar-refractivity contribution in [3.63, 3.8) is 0 Å². The van der Waals surface area contributed by atoms with Gasteiger partial charge in [0.05, 0.1) is 6.10 Å². The number of aliphatic hydroxyl groups is 1. The molecule has 1 rings (SSSR count). The highest BCUT2D eigenvalue weighted by molar-refractivity contribution is 5.38. The molecule has 0 spiro atoms. The average molecular weight is 236 g/mol. The van der Waals surface area contributed by atoms with E-state index in [1.54, 1.807) is 0 Å². The third-order valence-electron chi connectivity index (χ3n) is 3.58. The lowest BCUT2D eigenvalue weighted by molar-refractivity contribution is 0.0103. The highest BCUT2D eigenvalue weighted by atomic mass is 16.5. The molecule has 96 valence electrons. The van der Waals surface area contributed by atoms with Gasteiger partial charge in [0.2, 0.25) is 0 Å². The van der Waals surface area contributed by atoms with Gasteiger partial charge in [-0.15, -0.1) is 0 Å². The van der Waals surface area contributed by atoms with Crippen LogP contribution in [0.15, 0.2) is 18.2 Å². The van der Waals surface area contributed by atoms with Gasteiger partial charge in [0.1, 0.15) is 11.9 Å². The summed E-state index contributed by atoms with van der Waals surface area (Å²) < 4.78 is 5.86. The van der Waals surface area contributed by atoms with Gasteiger partial charge in [0.25, 0.3) is 0 Å². The maximum absolute atomic E-state index is 10.1. The molecule has 0 bridgehead atoms. The standard InChI is InChI=1S/C15H24O2/c1-6-10(2)15(16)13(5)17-14-9-7-8-11(3)12(14)4/h7-10,13,15-16H,6H2,1-5H3. The molecular weight excluding hydrogens is 212 g/mol. The number of benzene rings is 1. The predicted octanol–water partition coefficient (Wildman–Crippen LogP) is 3.48. The number of aliphatic hydroxyl groups excluding tert-OH is 1. The summed E-state index contributed by atoms with van der Waals surface area (Å²) in [6.07, 6.45) is 0.368. The molecule has 3 atom stereocenters. The number of aryl methyl sites for hydroxylation is 1. The first-order chi connectivity index (χ1) is 7.97. The van der Waals surface area contributed by atoms with E-state index >= 15 is 0 Å². The Hall–Kier alpha value is -1.02. The van der Waals surface area contributed by atoms with Crippen LogP contribution in [-0.2, 0) is 0 Å².